The number of allylic oxidation sites excluding steroid dienone is 1. The van der Waals surface area contributed by atoms with Crippen molar-refractivity contribution in [3.8, 4) is 0 Å². The second kappa shape index (κ2) is 5.60. The first-order valence-corrected chi connectivity index (χ1v) is 9.60. The Balaban J connectivity index is 1.52. The van der Waals surface area contributed by atoms with E-state index in [1.807, 2.05) is 7.05 Å². The number of nitrogens with zero attached hydrogens (tertiary/aromatic N) is 3. The van der Waals surface area contributed by atoms with Gasteiger partial charge in [-0.1, -0.05) is 11.8 Å². The van der Waals surface area contributed by atoms with Crippen LogP contribution in [0.4, 0.5) is 0 Å². The summed E-state index contributed by atoms with van der Waals surface area (Å²) >= 11 is 2.97. The van der Waals surface area contributed by atoms with E-state index in [1.54, 1.807) is 18.7 Å². The fourth-order valence-corrected chi connectivity index (χ4v) is 7.06. The van der Waals surface area contributed by atoms with Crippen molar-refractivity contribution in [2.75, 3.05) is 20.3 Å². The maximum atomic E-state index is 12.2. The molecule has 2 fully saturated rings. The van der Waals surface area contributed by atoms with Crippen LogP contribution >= 0.6 is 23.5 Å². The van der Waals surface area contributed by atoms with Crippen LogP contribution < -0.4 is 0 Å². The molecule has 0 saturated carbocycles. The summed E-state index contributed by atoms with van der Waals surface area (Å²) in [5.74, 6) is -1.86. The van der Waals surface area contributed by atoms with E-state index in [2.05, 4.69) is 16.0 Å². The lowest BCUT2D eigenvalue weighted by Gasteiger charge is -2.43. The second-order valence-corrected chi connectivity index (χ2v) is 9.31. The van der Waals surface area contributed by atoms with Gasteiger partial charge in [0.2, 0.25) is 5.91 Å². The lowest BCUT2D eigenvalue weighted by atomic mass is 9.92. The Morgan fingerprint density at radius 3 is 2.88 bits per heavy atom. The molecule has 4 heterocycles. The van der Waals surface area contributed by atoms with E-state index in [0.29, 0.717) is 9.49 Å². The molecule has 0 bridgehead atoms. The summed E-state index contributed by atoms with van der Waals surface area (Å²) in [6.07, 6.45) is 2.28. The van der Waals surface area contributed by atoms with Crippen molar-refractivity contribution in [3.63, 3.8) is 0 Å². The van der Waals surface area contributed by atoms with Gasteiger partial charge < -0.3 is 20.0 Å². The average molecular weight is 369 g/mol. The molecule has 0 radical (unpaired) electrons. The molecule has 9 heteroatoms. The van der Waals surface area contributed by atoms with Gasteiger partial charge in [-0.2, -0.15) is 0 Å². The predicted molar refractivity (Wildman–Crippen MR) is 91.5 cm³/mol. The first-order chi connectivity index (χ1) is 11.4. The van der Waals surface area contributed by atoms with Crippen molar-refractivity contribution in [1.82, 2.24) is 14.7 Å². The maximum absolute atomic E-state index is 12.2. The molecule has 4 atom stereocenters. The van der Waals surface area contributed by atoms with Crippen LogP contribution in [0.3, 0.4) is 0 Å². The van der Waals surface area contributed by atoms with Gasteiger partial charge in [-0.05, 0) is 6.92 Å². The number of aliphatic carboxylic acids is 1. The number of hydrogen-bond acceptors (Lipinski definition) is 7. The summed E-state index contributed by atoms with van der Waals surface area (Å²) in [6, 6.07) is 0. The maximum Gasteiger partial charge on any atom is 0.354 e. The third kappa shape index (κ3) is 2.33. The first kappa shape index (κ1) is 16.2. The van der Waals surface area contributed by atoms with Crippen LogP contribution in [0.25, 0.3) is 0 Å². The lowest BCUT2D eigenvalue weighted by molar-refractivity contribution is -0.156. The molecular formula is C15H19N3O4S2. The summed E-state index contributed by atoms with van der Waals surface area (Å²) in [5, 5.41) is 19.3. The number of carbonyl (C=O) groups excluding carboxylic acids is 1. The Bertz CT molecular complexity index is 678. The van der Waals surface area contributed by atoms with Crippen molar-refractivity contribution in [2.45, 2.75) is 30.1 Å². The zero-order chi connectivity index (χ0) is 17.2. The topological polar surface area (TPSA) is 84.3 Å². The van der Waals surface area contributed by atoms with Crippen LogP contribution in [0.15, 0.2) is 21.8 Å². The largest absolute Gasteiger partial charge is 0.477 e. The van der Waals surface area contributed by atoms with Crippen LogP contribution in [0.1, 0.15) is 13.3 Å². The van der Waals surface area contributed by atoms with Crippen molar-refractivity contribution in [3.05, 3.63) is 21.8 Å². The molecule has 130 valence electrons. The number of fused-ring (bicyclic) bond motifs is 2. The normalized spacial score (nSPS) is 32.8. The summed E-state index contributed by atoms with van der Waals surface area (Å²) in [4.78, 5) is 29.7. The van der Waals surface area contributed by atoms with E-state index in [0.717, 1.165) is 19.6 Å². The Hall–Kier alpha value is -1.32. The van der Waals surface area contributed by atoms with Crippen LogP contribution in [0, 0.1) is 5.92 Å². The highest BCUT2D eigenvalue weighted by Crippen LogP contribution is 2.55. The molecule has 4 aliphatic heterocycles. The zero-order valence-corrected chi connectivity index (χ0v) is 15.0. The minimum Gasteiger partial charge on any atom is -0.477 e. The highest BCUT2D eigenvalue weighted by molar-refractivity contribution is 8.23. The predicted octanol–water partition coefficient (Wildman–Crippen LogP) is 0.704. The van der Waals surface area contributed by atoms with Gasteiger partial charge in [-0.15, -0.1) is 11.8 Å². The van der Waals surface area contributed by atoms with Gasteiger partial charge in [-0.25, -0.2) is 4.79 Å². The third-order valence-electron chi connectivity index (χ3n) is 4.77. The van der Waals surface area contributed by atoms with E-state index in [4.69, 9.17) is 0 Å². The Kier molecular flexibility index (Phi) is 3.77. The van der Waals surface area contributed by atoms with Gasteiger partial charge in [0.15, 0.2) is 5.70 Å². The molecular weight excluding hydrogens is 350 g/mol. The van der Waals surface area contributed by atoms with Gasteiger partial charge in [0.05, 0.1) is 22.9 Å². The highest BCUT2D eigenvalue weighted by Gasteiger charge is 2.58. The third-order valence-corrected chi connectivity index (χ3v) is 7.56. The summed E-state index contributed by atoms with van der Waals surface area (Å²) < 4.78 is 0.698. The standard InChI is InChI=1S/C15H19N3O4S2/c1-7(19)10-12(20)18-11(14(21)22)15(24-13(10)18)23-9-3-8-4-16(2)6-17(8)5-9/h4,7,9-10,13,19H,3,5-6H2,1-2H3,(H,21,22)/t7-,9?,10+,13-/m1/s1. The number of β-lactam (4-membered cyclic amide) rings is 1. The molecule has 2 N–H and O–H groups in total. The first-order valence-electron chi connectivity index (χ1n) is 7.84. The number of amides is 1. The molecule has 0 aromatic heterocycles. The summed E-state index contributed by atoms with van der Waals surface area (Å²) in [7, 11) is 2.04. The van der Waals surface area contributed by atoms with Gasteiger partial charge >= 0.3 is 5.97 Å². The second-order valence-electron chi connectivity index (χ2n) is 6.61. The molecule has 0 aromatic rings. The molecule has 2 saturated heterocycles. The summed E-state index contributed by atoms with van der Waals surface area (Å²) in [5.41, 5.74) is 1.38. The number of rotatable bonds is 4. The molecule has 1 amide bonds. The molecule has 0 aromatic carbocycles. The van der Waals surface area contributed by atoms with Crippen LogP contribution in [0.5, 0.6) is 0 Å². The number of thioether (sulfide) groups is 2. The van der Waals surface area contributed by atoms with Gasteiger partial charge in [-0.3, -0.25) is 9.69 Å². The van der Waals surface area contributed by atoms with Gasteiger partial charge in [0, 0.05) is 37.2 Å². The van der Waals surface area contributed by atoms with E-state index in [-0.39, 0.29) is 17.0 Å². The number of carboxylic acid groups (broad SMARTS) is 1. The number of aliphatic hydroxyl groups excluding tert-OH is 1. The quantitative estimate of drug-likeness (QED) is 0.701. The van der Waals surface area contributed by atoms with Crippen LogP contribution in [0.2, 0.25) is 0 Å². The molecule has 24 heavy (non-hydrogen) atoms. The number of aliphatic hydroxyl groups is 1. The number of carbonyl (C=O) groups is 2. The summed E-state index contributed by atoms with van der Waals surface area (Å²) in [6.45, 7) is 3.35. The fraction of sp³-hybridized carbons (Fsp3) is 0.600. The molecule has 0 aliphatic carbocycles. The van der Waals surface area contributed by atoms with E-state index < -0.39 is 18.0 Å². The van der Waals surface area contributed by atoms with Crippen molar-refractivity contribution in [2.24, 2.45) is 5.92 Å². The Morgan fingerprint density at radius 1 is 1.50 bits per heavy atom. The van der Waals surface area contributed by atoms with E-state index >= 15 is 0 Å². The molecule has 4 aliphatic rings. The monoisotopic (exact) mass is 369 g/mol. The highest BCUT2D eigenvalue weighted by atomic mass is 32.2. The minimum atomic E-state index is -1.07. The zero-order valence-electron chi connectivity index (χ0n) is 13.4. The van der Waals surface area contributed by atoms with Crippen LogP contribution in [-0.2, 0) is 9.59 Å². The average Bonchev–Trinajstić information content (AvgIpc) is 3.08. The lowest BCUT2D eigenvalue weighted by Crippen LogP contribution is -2.60. The molecule has 4 rings (SSSR count). The van der Waals surface area contributed by atoms with Crippen molar-refractivity contribution < 1.29 is 19.8 Å². The van der Waals surface area contributed by atoms with Crippen molar-refractivity contribution >= 4 is 35.4 Å². The molecule has 0 spiro atoms. The minimum absolute atomic E-state index is 0.0926. The number of carboxylic acids is 1. The van der Waals surface area contributed by atoms with Gasteiger partial charge in [0.1, 0.15) is 5.37 Å². The smallest absolute Gasteiger partial charge is 0.354 e. The SMILES string of the molecule is C[C@@H](O)[C@H]1C(=O)N2C(C(=O)O)=C(SC3CC4=CN(C)CN4C3)S[C@H]12. The van der Waals surface area contributed by atoms with Crippen molar-refractivity contribution in [1.29, 1.82) is 0 Å². The van der Waals surface area contributed by atoms with Gasteiger partial charge in [0.25, 0.3) is 0 Å². The molecule has 1 unspecified atom stereocenters. The molecule has 7 nitrogen and oxygen atoms in total. The van der Waals surface area contributed by atoms with E-state index in [1.165, 1.54) is 22.4 Å². The number of hydrogen-bond donors (Lipinski definition) is 2. The van der Waals surface area contributed by atoms with Crippen LogP contribution in [-0.4, -0.2) is 73.8 Å². The fourth-order valence-electron chi connectivity index (χ4n) is 3.70. The van der Waals surface area contributed by atoms with E-state index in [9.17, 15) is 19.8 Å². The Labute approximate surface area is 148 Å². The Morgan fingerprint density at radius 2 is 2.25 bits per heavy atom.